The van der Waals surface area contributed by atoms with Gasteiger partial charge in [0.25, 0.3) is 0 Å². The van der Waals surface area contributed by atoms with Crippen LogP contribution >= 0.6 is 0 Å². The third kappa shape index (κ3) is 2.55. The van der Waals surface area contributed by atoms with Gasteiger partial charge in [-0.25, -0.2) is 8.42 Å². The topological polar surface area (TPSA) is 73.0 Å². The van der Waals surface area contributed by atoms with Gasteiger partial charge >= 0.3 is 0 Å². The summed E-state index contributed by atoms with van der Waals surface area (Å²) in [5, 5.41) is 8.92. The van der Waals surface area contributed by atoms with Crippen LogP contribution in [0.2, 0.25) is 0 Å². The van der Waals surface area contributed by atoms with Gasteiger partial charge in [-0.15, -0.1) is 10.2 Å². The first-order valence-corrected chi connectivity index (χ1v) is 10.2. The van der Waals surface area contributed by atoms with Crippen molar-refractivity contribution in [1.29, 1.82) is 0 Å². The summed E-state index contributed by atoms with van der Waals surface area (Å²) in [6, 6.07) is 7.67. The second-order valence-electron chi connectivity index (χ2n) is 6.99. The minimum atomic E-state index is -3.58. The Hall–Kier alpha value is -2.19. The Balaban J connectivity index is 1.76. The number of fused-ring (bicyclic) bond motifs is 1. The highest BCUT2D eigenvalue weighted by Gasteiger charge is 2.35. The van der Waals surface area contributed by atoms with E-state index >= 15 is 0 Å². The number of hydrogen-bond donors (Lipinski definition) is 0. The Morgan fingerprint density at radius 1 is 1.19 bits per heavy atom. The molecule has 3 heterocycles. The number of aromatic nitrogens is 4. The van der Waals surface area contributed by atoms with Crippen LogP contribution in [0.1, 0.15) is 30.3 Å². The summed E-state index contributed by atoms with van der Waals surface area (Å²) < 4.78 is 32.5. The summed E-state index contributed by atoms with van der Waals surface area (Å²) in [6.45, 7) is 2.86. The number of aryl methyl sites for hydroxylation is 2. The van der Waals surface area contributed by atoms with Gasteiger partial charge in [-0.1, -0.05) is 18.2 Å². The summed E-state index contributed by atoms with van der Waals surface area (Å²) in [5.74, 6) is 0.917. The van der Waals surface area contributed by atoms with E-state index in [1.165, 1.54) is 0 Å². The van der Waals surface area contributed by atoms with Crippen molar-refractivity contribution in [3.8, 4) is 0 Å². The molecule has 0 spiro atoms. The van der Waals surface area contributed by atoms with Crippen molar-refractivity contribution in [3.05, 3.63) is 42.1 Å². The van der Waals surface area contributed by atoms with Gasteiger partial charge < -0.3 is 9.13 Å². The van der Waals surface area contributed by atoms with Crippen molar-refractivity contribution < 1.29 is 8.42 Å². The van der Waals surface area contributed by atoms with Gasteiger partial charge in [-0.05, 0) is 25.8 Å². The van der Waals surface area contributed by atoms with Crippen molar-refractivity contribution in [2.24, 2.45) is 14.1 Å². The van der Waals surface area contributed by atoms with E-state index in [1.54, 1.807) is 10.6 Å². The van der Waals surface area contributed by atoms with Crippen LogP contribution in [0.3, 0.4) is 0 Å². The molecule has 3 aromatic rings. The van der Waals surface area contributed by atoms with E-state index < -0.39 is 10.0 Å². The zero-order valence-corrected chi connectivity index (χ0v) is 16.1. The maximum atomic E-state index is 13.5. The molecule has 1 aliphatic heterocycles. The standard InChI is InChI=1S/C18H23N5O2S/c1-13-17(15-8-4-5-9-16(15)22(13)3)26(24,25)23-10-6-7-14(11-23)18-20-19-12-21(18)2/h4-5,8-9,12,14H,6-7,10-11H2,1-3H3. The molecule has 8 heteroatoms. The Morgan fingerprint density at radius 2 is 1.96 bits per heavy atom. The molecular weight excluding hydrogens is 350 g/mol. The van der Waals surface area contributed by atoms with E-state index in [-0.39, 0.29) is 5.92 Å². The lowest BCUT2D eigenvalue weighted by Crippen LogP contribution is -2.39. The fourth-order valence-corrected chi connectivity index (χ4v) is 5.94. The van der Waals surface area contributed by atoms with Crippen molar-refractivity contribution in [2.45, 2.75) is 30.6 Å². The largest absolute Gasteiger partial charge is 0.347 e. The third-order valence-corrected chi connectivity index (χ3v) is 7.48. The Morgan fingerprint density at radius 3 is 2.69 bits per heavy atom. The third-order valence-electron chi connectivity index (χ3n) is 5.44. The highest BCUT2D eigenvalue weighted by atomic mass is 32.2. The summed E-state index contributed by atoms with van der Waals surface area (Å²) in [5.41, 5.74) is 1.71. The second kappa shape index (κ2) is 6.21. The molecule has 1 unspecified atom stereocenters. The monoisotopic (exact) mass is 373 g/mol. The van der Waals surface area contributed by atoms with Crippen molar-refractivity contribution >= 4 is 20.9 Å². The minimum absolute atomic E-state index is 0.0707. The lowest BCUT2D eigenvalue weighted by molar-refractivity contribution is 0.306. The molecule has 7 nitrogen and oxygen atoms in total. The molecule has 0 saturated carbocycles. The molecule has 1 saturated heterocycles. The molecule has 1 aliphatic rings. The van der Waals surface area contributed by atoms with Crippen molar-refractivity contribution in [2.75, 3.05) is 13.1 Å². The molecule has 2 aromatic heterocycles. The van der Waals surface area contributed by atoms with Gasteiger partial charge in [0.2, 0.25) is 10.0 Å². The molecule has 0 N–H and O–H groups in total. The zero-order valence-electron chi connectivity index (χ0n) is 15.3. The van der Waals surface area contributed by atoms with Gasteiger partial charge in [-0.2, -0.15) is 4.31 Å². The van der Waals surface area contributed by atoms with Gasteiger partial charge in [0.15, 0.2) is 0 Å². The number of nitrogens with zero attached hydrogens (tertiary/aromatic N) is 5. The Kier molecular flexibility index (Phi) is 4.11. The van der Waals surface area contributed by atoms with Gasteiger partial charge in [0.1, 0.15) is 17.0 Å². The first kappa shape index (κ1) is 17.2. The van der Waals surface area contributed by atoms with E-state index in [4.69, 9.17) is 0 Å². The quantitative estimate of drug-likeness (QED) is 0.705. The maximum absolute atomic E-state index is 13.5. The summed E-state index contributed by atoms with van der Waals surface area (Å²) in [7, 11) is 0.232. The number of para-hydroxylation sites is 1. The first-order chi connectivity index (χ1) is 12.4. The normalized spacial score (nSPS) is 19.3. The van der Waals surface area contributed by atoms with Crippen LogP contribution < -0.4 is 0 Å². The molecule has 138 valence electrons. The molecule has 1 aromatic carbocycles. The number of rotatable bonds is 3. The molecule has 1 fully saturated rings. The number of piperidine rings is 1. The van der Waals surface area contributed by atoms with E-state index in [0.29, 0.717) is 18.0 Å². The molecule has 0 aliphatic carbocycles. The highest BCUT2D eigenvalue weighted by molar-refractivity contribution is 7.89. The fourth-order valence-electron chi connectivity index (χ4n) is 3.97. The molecular formula is C18H23N5O2S. The number of hydrogen-bond acceptors (Lipinski definition) is 4. The lowest BCUT2D eigenvalue weighted by Gasteiger charge is -2.31. The zero-order chi connectivity index (χ0) is 18.5. The first-order valence-electron chi connectivity index (χ1n) is 8.79. The lowest BCUT2D eigenvalue weighted by atomic mass is 9.99. The van der Waals surface area contributed by atoms with Crippen LogP contribution in [-0.2, 0) is 24.1 Å². The van der Waals surface area contributed by atoms with Crippen LogP contribution in [-0.4, -0.2) is 45.1 Å². The van der Waals surface area contributed by atoms with Crippen LogP contribution in [0.4, 0.5) is 0 Å². The van der Waals surface area contributed by atoms with Crippen LogP contribution in [0.5, 0.6) is 0 Å². The van der Waals surface area contributed by atoms with Gasteiger partial charge in [0.05, 0.1) is 0 Å². The average molecular weight is 373 g/mol. The van der Waals surface area contributed by atoms with Crippen LogP contribution in [0.25, 0.3) is 10.9 Å². The Labute approximate surface area is 153 Å². The van der Waals surface area contributed by atoms with E-state index in [2.05, 4.69) is 10.2 Å². The Bertz CT molecular complexity index is 1070. The molecule has 26 heavy (non-hydrogen) atoms. The molecule has 0 radical (unpaired) electrons. The summed E-state index contributed by atoms with van der Waals surface area (Å²) in [4.78, 5) is 0.425. The van der Waals surface area contributed by atoms with Crippen molar-refractivity contribution in [1.82, 2.24) is 23.6 Å². The van der Waals surface area contributed by atoms with Crippen LogP contribution in [0, 0.1) is 6.92 Å². The van der Waals surface area contributed by atoms with E-state index in [9.17, 15) is 8.42 Å². The predicted molar refractivity (Wildman–Crippen MR) is 99.4 cm³/mol. The van der Waals surface area contributed by atoms with E-state index in [0.717, 1.165) is 35.3 Å². The second-order valence-corrected chi connectivity index (χ2v) is 8.87. The SMILES string of the molecule is Cc1c(S(=O)(=O)N2CCCC(c3nncn3C)C2)c2ccccc2n1C. The van der Waals surface area contributed by atoms with E-state index in [1.807, 2.05) is 54.4 Å². The van der Waals surface area contributed by atoms with Gasteiger partial charge in [-0.3, -0.25) is 0 Å². The minimum Gasteiger partial charge on any atom is -0.347 e. The average Bonchev–Trinajstić information content (AvgIpc) is 3.17. The van der Waals surface area contributed by atoms with Crippen molar-refractivity contribution in [3.63, 3.8) is 0 Å². The molecule has 0 bridgehead atoms. The smallest absolute Gasteiger partial charge is 0.245 e. The fraction of sp³-hybridized carbons (Fsp3) is 0.444. The highest BCUT2D eigenvalue weighted by Crippen LogP contribution is 2.34. The summed E-state index contributed by atoms with van der Waals surface area (Å²) >= 11 is 0. The maximum Gasteiger partial charge on any atom is 0.245 e. The van der Waals surface area contributed by atoms with Crippen LogP contribution in [0.15, 0.2) is 35.5 Å². The number of benzene rings is 1. The molecule has 0 amide bonds. The molecule has 1 atom stereocenters. The predicted octanol–water partition coefficient (Wildman–Crippen LogP) is 2.18. The molecule has 4 rings (SSSR count). The summed E-state index contributed by atoms with van der Waals surface area (Å²) in [6.07, 6.45) is 3.41. The van der Waals surface area contributed by atoms with Gasteiger partial charge in [0, 0.05) is 49.7 Å². The number of sulfonamides is 1.